The minimum Gasteiger partial charge on any atom is -0.475 e. The SMILES string of the molecule is CCOC(=O)c1cn(Cc2ccc(C(=N)N)cc2)cc1Cc1ccccc1.O=C(O)C(F)(F)F. The first kappa shape index (κ1) is 26.2. The number of nitrogens with one attached hydrogen (secondary N) is 1. The molecule has 34 heavy (non-hydrogen) atoms. The number of nitrogens with zero attached hydrogens (tertiary/aromatic N) is 1. The molecule has 0 saturated carbocycles. The van der Waals surface area contributed by atoms with Crippen molar-refractivity contribution >= 4 is 17.8 Å². The zero-order chi connectivity index (χ0) is 25.3. The average Bonchev–Trinajstić information content (AvgIpc) is 3.17. The number of carbonyl (C=O) groups excluding carboxylic acids is 1. The van der Waals surface area contributed by atoms with Crippen LogP contribution in [0.3, 0.4) is 0 Å². The highest BCUT2D eigenvalue weighted by Gasteiger charge is 2.38. The number of amidine groups is 1. The van der Waals surface area contributed by atoms with Crippen LogP contribution in [-0.4, -0.2) is 40.2 Å². The van der Waals surface area contributed by atoms with Gasteiger partial charge in [-0.15, -0.1) is 0 Å². The van der Waals surface area contributed by atoms with Crippen molar-refractivity contribution in [1.29, 1.82) is 5.41 Å². The molecule has 7 nitrogen and oxygen atoms in total. The van der Waals surface area contributed by atoms with Gasteiger partial charge in [0.15, 0.2) is 0 Å². The standard InChI is InChI=1S/C22H23N3O2.C2HF3O2/c1-2-27-22(26)20-15-25(13-17-8-10-18(11-9-17)21(23)24)14-19(20)12-16-6-4-3-5-7-16;3-2(4,5)1(6)7/h3-11,14-15H,2,12-13H2,1H3,(H3,23,24);(H,6,7). The number of rotatable bonds is 7. The van der Waals surface area contributed by atoms with E-state index in [1.54, 1.807) is 0 Å². The Bertz CT molecular complexity index is 1120. The third-order valence-corrected chi connectivity index (χ3v) is 4.57. The number of aliphatic carboxylic acids is 1. The van der Waals surface area contributed by atoms with Crippen LogP contribution in [0.25, 0.3) is 0 Å². The molecular weight excluding hydrogens is 451 g/mol. The highest BCUT2D eigenvalue weighted by molar-refractivity contribution is 5.94. The molecule has 0 amide bonds. The normalized spacial score (nSPS) is 10.7. The Morgan fingerprint density at radius 2 is 1.62 bits per heavy atom. The summed E-state index contributed by atoms with van der Waals surface area (Å²) in [6.07, 6.45) is -0.571. The van der Waals surface area contributed by atoms with E-state index in [0.29, 0.717) is 30.7 Å². The Hall–Kier alpha value is -4.08. The predicted octanol–water partition coefficient (Wildman–Crippen LogP) is 4.22. The second kappa shape index (κ2) is 11.7. The minimum atomic E-state index is -5.08. The Morgan fingerprint density at radius 1 is 1.03 bits per heavy atom. The number of hydrogen-bond donors (Lipinski definition) is 3. The van der Waals surface area contributed by atoms with Gasteiger partial charge in [-0.1, -0.05) is 54.6 Å². The highest BCUT2D eigenvalue weighted by atomic mass is 19.4. The molecule has 0 aliphatic carbocycles. The van der Waals surface area contributed by atoms with Gasteiger partial charge in [0.25, 0.3) is 0 Å². The van der Waals surface area contributed by atoms with E-state index >= 15 is 0 Å². The van der Waals surface area contributed by atoms with E-state index in [0.717, 1.165) is 16.7 Å². The lowest BCUT2D eigenvalue weighted by atomic mass is 10.0. The number of hydrogen-bond acceptors (Lipinski definition) is 4. The number of nitrogens with two attached hydrogens (primary N) is 1. The largest absolute Gasteiger partial charge is 0.490 e. The average molecular weight is 475 g/mol. The van der Waals surface area contributed by atoms with Gasteiger partial charge in [0.2, 0.25) is 0 Å². The number of benzene rings is 2. The van der Waals surface area contributed by atoms with Crippen LogP contribution in [0.4, 0.5) is 13.2 Å². The fourth-order valence-corrected chi connectivity index (χ4v) is 3.00. The van der Waals surface area contributed by atoms with Crippen LogP contribution < -0.4 is 5.73 Å². The third kappa shape index (κ3) is 7.80. The number of carboxylic acids is 1. The highest BCUT2D eigenvalue weighted by Crippen LogP contribution is 2.19. The Kier molecular flexibility index (Phi) is 9.00. The monoisotopic (exact) mass is 475 g/mol. The number of aromatic nitrogens is 1. The summed E-state index contributed by atoms with van der Waals surface area (Å²) in [6, 6.07) is 17.6. The minimum absolute atomic E-state index is 0.0530. The molecule has 3 rings (SSSR count). The molecule has 2 aromatic carbocycles. The van der Waals surface area contributed by atoms with Crippen molar-refractivity contribution < 1.29 is 32.6 Å². The second-order valence-corrected chi connectivity index (χ2v) is 7.17. The van der Waals surface area contributed by atoms with Crippen LogP contribution in [-0.2, 0) is 22.5 Å². The zero-order valence-electron chi connectivity index (χ0n) is 18.3. The van der Waals surface area contributed by atoms with Gasteiger partial charge in [-0.05, 0) is 30.0 Å². The summed E-state index contributed by atoms with van der Waals surface area (Å²) < 4.78 is 39.0. The van der Waals surface area contributed by atoms with Gasteiger partial charge in [-0.3, -0.25) is 5.41 Å². The molecule has 3 aromatic rings. The molecule has 0 bridgehead atoms. The van der Waals surface area contributed by atoms with Gasteiger partial charge in [-0.25, -0.2) is 9.59 Å². The summed E-state index contributed by atoms with van der Waals surface area (Å²) >= 11 is 0. The van der Waals surface area contributed by atoms with Crippen molar-refractivity contribution in [1.82, 2.24) is 4.57 Å². The van der Waals surface area contributed by atoms with Gasteiger partial charge in [0.05, 0.1) is 12.2 Å². The second-order valence-electron chi connectivity index (χ2n) is 7.17. The first-order chi connectivity index (χ1) is 16.0. The summed E-state index contributed by atoms with van der Waals surface area (Å²) in [5, 5.41) is 14.6. The summed E-state index contributed by atoms with van der Waals surface area (Å²) in [7, 11) is 0. The van der Waals surface area contributed by atoms with Crippen molar-refractivity contribution in [2.24, 2.45) is 5.73 Å². The summed E-state index contributed by atoms with van der Waals surface area (Å²) in [5.41, 5.74) is 9.95. The molecule has 0 atom stereocenters. The van der Waals surface area contributed by atoms with Crippen LogP contribution in [0, 0.1) is 5.41 Å². The number of nitrogen functional groups attached to an aromatic ring is 1. The predicted molar refractivity (Wildman–Crippen MR) is 120 cm³/mol. The van der Waals surface area contributed by atoms with Gasteiger partial charge >= 0.3 is 18.1 Å². The van der Waals surface area contributed by atoms with E-state index < -0.39 is 12.1 Å². The van der Waals surface area contributed by atoms with E-state index in [4.69, 9.17) is 25.8 Å². The number of carboxylic acid groups (broad SMARTS) is 1. The molecule has 0 fully saturated rings. The number of ether oxygens (including phenoxy) is 1. The van der Waals surface area contributed by atoms with Crippen LogP contribution in [0.5, 0.6) is 0 Å². The van der Waals surface area contributed by atoms with Gasteiger partial charge in [0, 0.05) is 24.5 Å². The molecule has 10 heteroatoms. The quantitative estimate of drug-likeness (QED) is 0.269. The molecule has 0 aliphatic rings. The Labute approximate surface area is 194 Å². The fourth-order valence-electron chi connectivity index (χ4n) is 3.00. The van der Waals surface area contributed by atoms with Crippen LogP contribution >= 0.6 is 0 Å². The fraction of sp³-hybridized carbons (Fsp3) is 0.208. The maximum atomic E-state index is 12.4. The molecule has 0 unspecified atom stereocenters. The molecule has 1 heterocycles. The molecule has 0 spiro atoms. The topological polar surface area (TPSA) is 118 Å². The van der Waals surface area contributed by atoms with Crippen molar-refractivity contribution in [3.63, 3.8) is 0 Å². The van der Waals surface area contributed by atoms with Gasteiger partial charge in [-0.2, -0.15) is 13.2 Å². The Morgan fingerprint density at radius 3 is 2.12 bits per heavy atom. The summed E-state index contributed by atoms with van der Waals surface area (Å²) in [6.45, 7) is 2.78. The van der Waals surface area contributed by atoms with Crippen molar-refractivity contribution in [2.45, 2.75) is 26.1 Å². The van der Waals surface area contributed by atoms with Crippen molar-refractivity contribution in [3.8, 4) is 0 Å². The van der Waals surface area contributed by atoms with E-state index in [1.807, 2.05) is 78.5 Å². The number of halogens is 3. The van der Waals surface area contributed by atoms with E-state index in [9.17, 15) is 18.0 Å². The zero-order valence-corrected chi connectivity index (χ0v) is 18.3. The first-order valence-electron chi connectivity index (χ1n) is 10.1. The smallest absolute Gasteiger partial charge is 0.475 e. The molecule has 4 N–H and O–H groups in total. The van der Waals surface area contributed by atoms with E-state index in [-0.39, 0.29) is 11.8 Å². The lowest BCUT2D eigenvalue weighted by Crippen LogP contribution is -2.21. The lowest BCUT2D eigenvalue weighted by molar-refractivity contribution is -0.192. The molecule has 0 saturated heterocycles. The number of carbonyl (C=O) groups is 2. The van der Waals surface area contributed by atoms with Crippen LogP contribution in [0.15, 0.2) is 67.0 Å². The number of alkyl halides is 3. The van der Waals surface area contributed by atoms with Crippen LogP contribution in [0.2, 0.25) is 0 Å². The summed E-state index contributed by atoms with van der Waals surface area (Å²) in [5.74, 6) is -3.00. The molecule has 0 aliphatic heterocycles. The summed E-state index contributed by atoms with van der Waals surface area (Å²) in [4.78, 5) is 21.3. The molecule has 1 aromatic heterocycles. The lowest BCUT2D eigenvalue weighted by Gasteiger charge is -2.05. The molecule has 0 radical (unpaired) electrons. The maximum Gasteiger partial charge on any atom is 0.490 e. The van der Waals surface area contributed by atoms with Gasteiger partial charge < -0.3 is 20.1 Å². The third-order valence-electron chi connectivity index (χ3n) is 4.57. The van der Waals surface area contributed by atoms with Crippen molar-refractivity contribution in [2.75, 3.05) is 6.61 Å². The first-order valence-corrected chi connectivity index (χ1v) is 10.1. The molecule has 180 valence electrons. The van der Waals surface area contributed by atoms with Crippen molar-refractivity contribution in [3.05, 3.63) is 94.8 Å². The van der Waals surface area contributed by atoms with Gasteiger partial charge in [0.1, 0.15) is 5.84 Å². The van der Waals surface area contributed by atoms with E-state index in [1.165, 1.54) is 0 Å². The van der Waals surface area contributed by atoms with E-state index in [2.05, 4.69) is 0 Å². The number of esters is 1. The maximum absolute atomic E-state index is 12.4. The Balaban J connectivity index is 0.000000509. The molecular formula is C24H24F3N3O4. The van der Waals surface area contributed by atoms with Crippen LogP contribution in [0.1, 0.15) is 39.5 Å².